The Morgan fingerprint density at radius 1 is 1.44 bits per heavy atom. The van der Waals surface area contributed by atoms with E-state index < -0.39 is 0 Å². The molecule has 1 aromatic rings. The Labute approximate surface area is 119 Å². The number of nitrogens with one attached hydrogen (secondary N) is 2. The van der Waals surface area contributed by atoms with Crippen molar-refractivity contribution in [3.05, 3.63) is 27.3 Å². The lowest BCUT2D eigenvalue weighted by Crippen LogP contribution is -2.47. The molecule has 0 saturated carbocycles. The molecule has 18 heavy (non-hydrogen) atoms. The number of nitrogen functional groups attached to an aromatic ring is 1. The van der Waals surface area contributed by atoms with Crippen LogP contribution in [0.3, 0.4) is 0 Å². The van der Waals surface area contributed by atoms with Crippen LogP contribution in [-0.2, 0) is 4.79 Å². The number of halogens is 1. The first kappa shape index (κ1) is 13.1. The summed E-state index contributed by atoms with van der Waals surface area (Å²) in [6.07, 6.45) is 1.14. The summed E-state index contributed by atoms with van der Waals surface area (Å²) >= 11 is 2.12. The maximum atomic E-state index is 12.0. The minimum Gasteiger partial charge on any atom is -0.399 e. The van der Waals surface area contributed by atoms with E-state index in [9.17, 15) is 9.59 Å². The second-order valence-corrected chi connectivity index (χ2v) is 5.53. The van der Waals surface area contributed by atoms with Crippen molar-refractivity contribution in [2.75, 3.05) is 12.3 Å². The van der Waals surface area contributed by atoms with E-state index in [2.05, 4.69) is 33.2 Å². The monoisotopic (exact) mass is 359 g/mol. The molecule has 96 valence electrons. The Bertz CT molecular complexity index is 460. The van der Waals surface area contributed by atoms with Crippen molar-refractivity contribution in [2.24, 2.45) is 0 Å². The molecule has 1 unspecified atom stereocenters. The lowest BCUT2D eigenvalue weighted by molar-refractivity contribution is -0.122. The first-order chi connectivity index (χ1) is 8.54. The molecule has 0 aliphatic carbocycles. The maximum Gasteiger partial charge on any atom is 0.251 e. The van der Waals surface area contributed by atoms with Gasteiger partial charge >= 0.3 is 0 Å². The zero-order valence-electron chi connectivity index (χ0n) is 9.70. The number of piperidine rings is 1. The van der Waals surface area contributed by atoms with Crippen molar-refractivity contribution in [1.82, 2.24) is 10.6 Å². The van der Waals surface area contributed by atoms with Crippen LogP contribution in [0.15, 0.2) is 18.2 Å². The number of anilines is 1. The van der Waals surface area contributed by atoms with E-state index in [4.69, 9.17) is 5.73 Å². The Hall–Kier alpha value is -1.31. The molecular weight excluding hydrogens is 345 g/mol. The van der Waals surface area contributed by atoms with E-state index in [0.29, 0.717) is 30.6 Å². The van der Waals surface area contributed by atoms with Gasteiger partial charge in [0.05, 0.1) is 0 Å². The smallest absolute Gasteiger partial charge is 0.251 e. The number of carbonyl (C=O) groups is 2. The Morgan fingerprint density at radius 3 is 2.83 bits per heavy atom. The maximum absolute atomic E-state index is 12.0. The van der Waals surface area contributed by atoms with Gasteiger partial charge in [-0.15, -0.1) is 0 Å². The summed E-state index contributed by atoms with van der Waals surface area (Å²) in [4.78, 5) is 23.0. The molecule has 6 heteroatoms. The molecule has 1 aliphatic heterocycles. The lowest BCUT2D eigenvalue weighted by atomic mass is 10.1. The molecule has 1 saturated heterocycles. The zero-order chi connectivity index (χ0) is 13.1. The molecular formula is C12H14IN3O2. The third-order valence-corrected chi connectivity index (χ3v) is 3.41. The molecule has 1 heterocycles. The van der Waals surface area contributed by atoms with E-state index in [1.54, 1.807) is 18.2 Å². The Kier molecular flexibility index (Phi) is 4.05. The molecule has 0 aromatic heterocycles. The molecule has 5 nitrogen and oxygen atoms in total. The van der Waals surface area contributed by atoms with E-state index in [1.807, 2.05) is 0 Å². The molecule has 0 bridgehead atoms. The van der Waals surface area contributed by atoms with Gasteiger partial charge in [0, 0.05) is 33.8 Å². The average molecular weight is 359 g/mol. The van der Waals surface area contributed by atoms with Crippen molar-refractivity contribution in [3.63, 3.8) is 0 Å². The lowest BCUT2D eigenvalue weighted by Gasteiger charge is -2.23. The third-order valence-electron chi connectivity index (χ3n) is 2.78. The van der Waals surface area contributed by atoms with Gasteiger partial charge in [-0.1, -0.05) is 0 Å². The second kappa shape index (κ2) is 5.55. The number of amides is 2. The largest absolute Gasteiger partial charge is 0.399 e. The molecule has 1 aromatic carbocycles. The zero-order valence-corrected chi connectivity index (χ0v) is 11.9. The van der Waals surface area contributed by atoms with E-state index in [0.717, 1.165) is 3.57 Å². The van der Waals surface area contributed by atoms with Crippen molar-refractivity contribution < 1.29 is 9.59 Å². The number of hydrogen-bond acceptors (Lipinski definition) is 3. The van der Waals surface area contributed by atoms with Crippen LogP contribution >= 0.6 is 22.6 Å². The summed E-state index contributed by atoms with van der Waals surface area (Å²) < 4.78 is 0.926. The molecule has 0 radical (unpaired) electrons. The molecule has 1 fully saturated rings. The highest BCUT2D eigenvalue weighted by Crippen LogP contribution is 2.14. The van der Waals surface area contributed by atoms with Gasteiger partial charge in [0.15, 0.2) is 0 Å². The molecule has 0 spiro atoms. The van der Waals surface area contributed by atoms with Crippen LogP contribution in [0.2, 0.25) is 0 Å². The minimum absolute atomic E-state index is 0.00529. The van der Waals surface area contributed by atoms with Crippen molar-refractivity contribution in [3.8, 4) is 0 Å². The molecule has 2 amide bonds. The van der Waals surface area contributed by atoms with Gasteiger partial charge < -0.3 is 16.4 Å². The van der Waals surface area contributed by atoms with Crippen molar-refractivity contribution in [1.29, 1.82) is 0 Å². The van der Waals surface area contributed by atoms with Gasteiger partial charge in [0.25, 0.3) is 5.91 Å². The summed E-state index contributed by atoms with van der Waals surface area (Å²) in [6.45, 7) is 0.490. The summed E-state index contributed by atoms with van der Waals surface area (Å²) in [7, 11) is 0. The SMILES string of the molecule is Nc1cc(I)cc(C(=O)NC2CCC(=O)NC2)c1. The van der Waals surface area contributed by atoms with Crippen LogP contribution in [0.5, 0.6) is 0 Å². The fraction of sp³-hybridized carbons (Fsp3) is 0.333. The van der Waals surface area contributed by atoms with Crippen LogP contribution in [0, 0.1) is 3.57 Å². The number of benzene rings is 1. The van der Waals surface area contributed by atoms with Crippen molar-refractivity contribution >= 4 is 40.1 Å². The highest BCUT2D eigenvalue weighted by atomic mass is 127. The standard InChI is InChI=1S/C12H14IN3O2/c13-8-3-7(4-9(14)5-8)12(18)16-10-1-2-11(17)15-6-10/h3-5,10H,1-2,6,14H2,(H,15,17)(H,16,18). The predicted octanol–water partition coefficient (Wildman–Crippen LogP) is 0.882. The second-order valence-electron chi connectivity index (χ2n) is 4.29. The molecule has 2 rings (SSSR count). The Balaban J connectivity index is 2.01. The van der Waals surface area contributed by atoms with Crippen LogP contribution < -0.4 is 16.4 Å². The van der Waals surface area contributed by atoms with E-state index >= 15 is 0 Å². The number of hydrogen-bond donors (Lipinski definition) is 3. The third kappa shape index (κ3) is 3.34. The van der Waals surface area contributed by atoms with Crippen molar-refractivity contribution in [2.45, 2.75) is 18.9 Å². The predicted molar refractivity (Wildman–Crippen MR) is 77.1 cm³/mol. The summed E-state index contributed by atoms with van der Waals surface area (Å²) in [6, 6.07) is 5.24. The normalized spacial score (nSPS) is 19.2. The van der Waals surface area contributed by atoms with E-state index in [-0.39, 0.29) is 17.9 Å². The van der Waals surface area contributed by atoms with Crippen LogP contribution in [0.1, 0.15) is 23.2 Å². The minimum atomic E-state index is -0.152. The van der Waals surface area contributed by atoms with Crippen LogP contribution in [0.25, 0.3) is 0 Å². The topological polar surface area (TPSA) is 84.2 Å². The summed E-state index contributed by atoms with van der Waals surface area (Å²) in [5, 5.41) is 5.63. The number of rotatable bonds is 2. The fourth-order valence-electron chi connectivity index (χ4n) is 1.87. The summed E-state index contributed by atoms with van der Waals surface area (Å²) in [5.41, 5.74) is 6.83. The van der Waals surface area contributed by atoms with Gasteiger partial charge in [-0.3, -0.25) is 9.59 Å². The van der Waals surface area contributed by atoms with Gasteiger partial charge in [-0.2, -0.15) is 0 Å². The summed E-state index contributed by atoms with van der Waals surface area (Å²) in [5.74, 6) is -0.111. The first-order valence-electron chi connectivity index (χ1n) is 5.68. The average Bonchev–Trinajstić information content (AvgIpc) is 2.31. The first-order valence-corrected chi connectivity index (χ1v) is 6.76. The quantitative estimate of drug-likeness (QED) is 0.542. The Morgan fingerprint density at radius 2 is 2.22 bits per heavy atom. The van der Waals surface area contributed by atoms with Gasteiger partial charge in [0.1, 0.15) is 0 Å². The van der Waals surface area contributed by atoms with Crippen LogP contribution in [-0.4, -0.2) is 24.4 Å². The van der Waals surface area contributed by atoms with Gasteiger partial charge in [-0.25, -0.2) is 0 Å². The number of nitrogens with two attached hydrogens (primary N) is 1. The molecule has 1 aliphatic rings. The highest BCUT2D eigenvalue weighted by Gasteiger charge is 2.20. The highest BCUT2D eigenvalue weighted by molar-refractivity contribution is 14.1. The van der Waals surface area contributed by atoms with Gasteiger partial charge in [0.2, 0.25) is 5.91 Å². The molecule has 4 N–H and O–H groups in total. The van der Waals surface area contributed by atoms with Gasteiger partial charge in [-0.05, 0) is 47.2 Å². The molecule has 1 atom stereocenters. The number of carbonyl (C=O) groups excluding carboxylic acids is 2. The van der Waals surface area contributed by atoms with Crippen LogP contribution in [0.4, 0.5) is 5.69 Å². The fourth-order valence-corrected chi connectivity index (χ4v) is 2.56. The van der Waals surface area contributed by atoms with E-state index in [1.165, 1.54) is 0 Å².